The molecule has 1 unspecified atom stereocenters. The molecule has 0 amide bonds. The second-order valence-corrected chi connectivity index (χ2v) is 9.90. The molecule has 4 aromatic carbocycles. The van der Waals surface area contributed by atoms with Gasteiger partial charge in [-0.25, -0.2) is 8.78 Å². The topological polar surface area (TPSA) is 67.5 Å². The number of carbonyl (C=O) groups excluding carboxylic acids is 1. The number of benzene rings is 4. The van der Waals surface area contributed by atoms with E-state index in [-0.39, 0.29) is 16.9 Å². The third-order valence-corrected chi connectivity index (χ3v) is 7.54. The first kappa shape index (κ1) is 24.7. The van der Waals surface area contributed by atoms with Crippen molar-refractivity contribution in [2.45, 2.75) is 12.7 Å². The maximum Gasteiger partial charge on any atom is 0.307 e. The zero-order valence-corrected chi connectivity index (χ0v) is 20.6. The van der Waals surface area contributed by atoms with Crippen molar-refractivity contribution in [1.82, 2.24) is 0 Å². The van der Waals surface area contributed by atoms with Crippen LogP contribution in [0.3, 0.4) is 0 Å². The van der Waals surface area contributed by atoms with Crippen LogP contribution in [0.1, 0.15) is 28.4 Å². The smallest absolute Gasteiger partial charge is 0.307 e. The van der Waals surface area contributed by atoms with Gasteiger partial charge in [-0.05, 0) is 23.8 Å². The fourth-order valence-electron chi connectivity index (χ4n) is 4.22. The number of rotatable bonds is 8. The van der Waals surface area contributed by atoms with Gasteiger partial charge in [0.25, 0.3) is 0 Å². The Morgan fingerprint density at radius 3 is 2.30 bits per heavy atom. The van der Waals surface area contributed by atoms with Gasteiger partial charge in [0.2, 0.25) is 0 Å². The predicted molar refractivity (Wildman–Crippen MR) is 142 cm³/mol. The Balaban J connectivity index is 1.39. The minimum Gasteiger partial charge on any atom is -0.481 e. The van der Waals surface area contributed by atoms with Gasteiger partial charge in [0, 0.05) is 44.5 Å². The van der Waals surface area contributed by atoms with E-state index in [9.17, 15) is 14.0 Å². The highest BCUT2D eigenvalue weighted by atomic mass is 32.2. The van der Waals surface area contributed by atoms with Crippen LogP contribution in [-0.4, -0.2) is 22.6 Å². The maximum absolute atomic E-state index is 15.3. The highest BCUT2D eigenvalue weighted by Crippen LogP contribution is 2.36. The lowest BCUT2D eigenvalue weighted by molar-refractivity contribution is -0.140. The minimum absolute atomic E-state index is 0.106. The lowest BCUT2D eigenvalue weighted by Gasteiger charge is -2.09. The van der Waals surface area contributed by atoms with E-state index in [1.807, 2.05) is 36.4 Å². The largest absolute Gasteiger partial charge is 0.481 e. The van der Waals surface area contributed by atoms with Crippen LogP contribution < -0.4 is 0 Å². The average Bonchev–Trinajstić information content (AvgIpc) is 3.28. The molecule has 0 bridgehead atoms. The van der Waals surface area contributed by atoms with E-state index in [0.29, 0.717) is 33.6 Å². The minimum atomic E-state index is -0.901. The normalized spacial score (nSPS) is 12.2. The highest BCUT2D eigenvalue weighted by Gasteiger charge is 2.18. The number of halogens is 2. The Bertz CT molecular complexity index is 1660. The molecule has 5 rings (SSSR count). The van der Waals surface area contributed by atoms with Gasteiger partial charge in [-0.3, -0.25) is 9.59 Å². The van der Waals surface area contributed by atoms with Crippen LogP contribution >= 0.6 is 11.8 Å². The first-order chi connectivity index (χ1) is 17.8. The number of thioether (sulfide) groups is 1. The summed E-state index contributed by atoms with van der Waals surface area (Å²) in [5.41, 5.74) is 2.74. The molecule has 0 aliphatic rings. The number of aliphatic carboxylic acids is 1. The van der Waals surface area contributed by atoms with Crippen LogP contribution in [0.5, 0.6) is 0 Å². The maximum atomic E-state index is 15.3. The summed E-state index contributed by atoms with van der Waals surface area (Å²) in [7, 11) is 0. The lowest BCUT2D eigenvalue weighted by Crippen LogP contribution is -2.12. The molecule has 1 aromatic heterocycles. The first-order valence-corrected chi connectivity index (χ1v) is 12.8. The summed E-state index contributed by atoms with van der Waals surface area (Å²) < 4.78 is 35.9. The monoisotopic (exact) mass is 516 g/mol. The summed E-state index contributed by atoms with van der Waals surface area (Å²) in [4.78, 5) is 23.9. The van der Waals surface area contributed by atoms with Gasteiger partial charge in [-0.1, -0.05) is 67.6 Å². The van der Waals surface area contributed by atoms with Crippen molar-refractivity contribution < 1.29 is 27.9 Å². The molecular formula is C30H22F2O4S. The Morgan fingerprint density at radius 2 is 1.57 bits per heavy atom. The molecule has 0 fully saturated rings. The zero-order valence-electron chi connectivity index (χ0n) is 19.8. The van der Waals surface area contributed by atoms with Crippen molar-refractivity contribution in [2.24, 2.45) is 5.92 Å². The van der Waals surface area contributed by atoms with E-state index in [1.54, 1.807) is 13.0 Å². The van der Waals surface area contributed by atoms with Gasteiger partial charge in [0.05, 0.1) is 5.92 Å². The molecular weight excluding hydrogens is 494 g/mol. The molecule has 0 radical (unpaired) electrons. The van der Waals surface area contributed by atoms with Gasteiger partial charge in [-0.15, -0.1) is 0 Å². The van der Waals surface area contributed by atoms with Gasteiger partial charge in [-0.2, -0.15) is 11.8 Å². The molecule has 0 aliphatic heterocycles. The van der Waals surface area contributed by atoms with Crippen molar-refractivity contribution in [3.63, 3.8) is 0 Å². The van der Waals surface area contributed by atoms with Crippen LogP contribution in [0.4, 0.5) is 8.78 Å². The molecule has 7 heteroatoms. The number of fused-ring (bicyclic) bond motifs is 3. The summed E-state index contributed by atoms with van der Waals surface area (Å²) >= 11 is 1.31. The Hall–Kier alpha value is -3.97. The summed E-state index contributed by atoms with van der Waals surface area (Å²) in [5.74, 6) is -2.44. The quantitative estimate of drug-likeness (QED) is 0.214. The van der Waals surface area contributed by atoms with E-state index in [0.717, 1.165) is 22.9 Å². The molecule has 0 aliphatic carbocycles. The van der Waals surface area contributed by atoms with Gasteiger partial charge < -0.3 is 9.52 Å². The molecule has 186 valence electrons. The van der Waals surface area contributed by atoms with Crippen molar-refractivity contribution >= 4 is 45.5 Å². The Morgan fingerprint density at radius 1 is 0.865 bits per heavy atom. The van der Waals surface area contributed by atoms with Crippen molar-refractivity contribution in [1.29, 1.82) is 0 Å². The number of carboxylic acid groups (broad SMARTS) is 1. The summed E-state index contributed by atoms with van der Waals surface area (Å²) in [6.45, 7) is 1.59. The highest BCUT2D eigenvalue weighted by molar-refractivity contribution is 7.98. The summed E-state index contributed by atoms with van der Waals surface area (Å²) in [6, 6.07) is 21.5. The van der Waals surface area contributed by atoms with E-state index in [4.69, 9.17) is 9.52 Å². The van der Waals surface area contributed by atoms with E-state index in [2.05, 4.69) is 0 Å². The van der Waals surface area contributed by atoms with Crippen molar-refractivity contribution in [3.8, 4) is 11.1 Å². The average molecular weight is 517 g/mol. The number of hydrogen-bond acceptors (Lipinski definition) is 4. The number of para-hydroxylation sites is 2. The molecule has 1 heterocycles. The van der Waals surface area contributed by atoms with Crippen LogP contribution in [0, 0.1) is 17.6 Å². The number of carbonyl (C=O) groups is 2. The molecule has 0 saturated heterocycles. The fraction of sp³-hybridized carbons (Fsp3) is 0.133. The standard InChI is InChI=1S/C30H22F2O4S/c1-17(30(34)35)15-37-16-20-10-9-18(13-25(20)31)28(33)19-11-12-21(26(32)14-19)23-6-4-7-24-22-5-2-3-8-27(22)36-29(23)24/h2-14,17H,15-16H2,1H3,(H,34,35). The summed E-state index contributed by atoms with van der Waals surface area (Å²) in [5, 5.41) is 10.8. The zero-order chi connectivity index (χ0) is 26.1. The molecule has 0 saturated carbocycles. The second kappa shape index (κ2) is 10.2. The van der Waals surface area contributed by atoms with Gasteiger partial charge in [0.15, 0.2) is 5.78 Å². The number of hydrogen-bond donors (Lipinski definition) is 1. The molecule has 0 spiro atoms. The van der Waals surface area contributed by atoms with Crippen LogP contribution in [-0.2, 0) is 10.5 Å². The molecule has 1 N–H and O–H groups in total. The van der Waals surface area contributed by atoms with Gasteiger partial charge in [0.1, 0.15) is 22.8 Å². The van der Waals surface area contributed by atoms with E-state index in [1.165, 1.54) is 36.0 Å². The number of ketones is 1. The molecule has 5 aromatic rings. The molecule has 1 atom stereocenters. The number of carboxylic acids is 1. The third kappa shape index (κ3) is 4.87. The van der Waals surface area contributed by atoms with Crippen LogP contribution in [0.15, 0.2) is 83.3 Å². The van der Waals surface area contributed by atoms with Crippen LogP contribution in [0.25, 0.3) is 33.1 Å². The SMILES string of the molecule is CC(CSCc1ccc(C(=O)c2ccc(-c3cccc4c3oc3ccccc34)c(F)c2)cc1F)C(=O)O. The summed E-state index contributed by atoms with van der Waals surface area (Å²) in [6.07, 6.45) is 0. The first-order valence-electron chi connectivity index (χ1n) is 11.7. The van der Waals surface area contributed by atoms with E-state index < -0.39 is 29.3 Å². The van der Waals surface area contributed by atoms with Gasteiger partial charge >= 0.3 is 5.97 Å². The van der Waals surface area contributed by atoms with Crippen LogP contribution in [0.2, 0.25) is 0 Å². The second-order valence-electron chi connectivity index (χ2n) is 8.86. The predicted octanol–water partition coefficient (Wildman–Crippen LogP) is 7.72. The van der Waals surface area contributed by atoms with Crippen molar-refractivity contribution in [2.75, 3.05) is 5.75 Å². The number of furan rings is 1. The van der Waals surface area contributed by atoms with E-state index >= 15 is 4.39 Å². The Labute approximate surface area is 215 Å². The third-order valence-electron chi connectivity index (χ3n) is 6.29. The fourth-order valence-corrected chi connectivity index (χ4v) is 5.29. The lowest BCUT2D eigenvalue weighted by atomic mass is 9.97. The Kier molecular flexibility index (Phi) is 6.80. The van der Waals surface area contributed by atoms with Crippen molar-refractivity contribution in [3.05, 3.63) is 107 Å². The molecule has 37 heavy (non-hydrogen) atoms. The molecule has 4 nitrogen and oxygen atoms in total.